The SMILES string of the molecule is CC(CO)(NC(=O)Nc1ccc2nc(N3CCOCC3)sc2c1)c1cccc(C(F)(F)F)c1. The summed E-state index contributed by atoms with van der Waals surface area (Å²) in [6.45, 7) is 3.71. The second-order valence-corrected chi connectivity index (χ2v) is 8.94. The number of rotatable bonds is 5. The van der Waals surface area contributed by atoms with Crippen molar-refractivity contribution in [1.29, 1.82) is 0 Å². The number of hydrogen-bond donors (Lipinski definition) is 3. The van der Waals surface area contributed by atoms with Gasteiger partial charge in [-0.25, -0.2) is 9.78 Å². The molecule has 1 unspecified atom stereocenters. The molecule has 0 aliphatic carbocycles. The molecule has 33 heavy (non-hydrogen) atoms. The van der Waals surface area contributed by atoms with Crippen molar-refractivity contribution >= 4 is 38.4 Å². The molecule has 1 saturated heterocycles. The van der Waals surface area contributed by atoms with Crippen LogP contribution in [0.3, 0.4) is 0 Å². The standard InChI is InChI=1S/C22H23F3N4O3S/c1-21(13-30,14-3-2-4-15(11-14)22(23,24)25)28-19(31)26-16-5-6-17-18(12-16)33-20(27-17)29-7-9-32-10-8-29/h2-6,11-12,30H,7-10,13H2,1H3,(H2,26,28,31). The van der Waals surface area contributed by atoms with Crippen LogP contribution in [0.2, 0.25) is 0 Å². The highest BCUT2D eigenvalue weighted by atomic mass is 32.1. The lowest BCUT2D eigenvalue weighted by atomic mass is 9.91. The van der Waals surface area contributed by atoms with Crippen molar-refractivity contribution in [2.24, 2.45) is 0 Å². The van der Waals surface area contributed by atoms with Crippen molar-refractivity contribution in [2.75, 3.05) is 43.1 Å². The van der Waals surface area contributed by atoms with Gasteiger partial charge in [-0.3, -0.25) is 0 Å². The lowest BCUT2D eigenvalue weighted by Crippen LogP contribution is -2.48. The minimum absolute atomic E-state index is 0.142. The van der Waals surface area contributed by atoms with E-state index in [1.807, 2.05) is 0 Å². The number of anilines is 2. The number of morpholine rings is 1. The number of nitrogens with zero attached hydrogens (tertiary/aromatic N) is 2. The molecule has 1 aliphatic heterocycles. The van der Waals surface area contributed by atoms with Crippen molar-refractivity contribution in [2.45, 2.75) is 18.6 Å². The first-order valence-corrected chi connectivity index (χ1v) is 11.1. The van der Waals surface area contributed by atoms with Crippen LogP contribution in [0, 0.1) is 0 Å². The fraction of sp³-hybridized carbons (Fsp3) is 0.364. The molecule has 3 aromatic rings. The van der Waals surface area contributed by atoms with Gasteiger partial charge in [-0.2, -0.15) is 13.2 Å². The van der Waals surface area contributed by atoms with Gasteiger partial charge in [0.25, 0.3) is 0 Å². The number of aromatic nitrogens is 1. The molecule has 2 heterocycles. The highest BCUT2D eigenvalue weighted by Gasteiger charge is 2.34. The van der Waals surface area contributed by atoms with Crippen molar-refractivity contribution in [3.05, 3.63) is 53.6 Å². The summed E-state index contributed by atoms with van der Waals surface area (Å²) in [7, 11) is 0. The zero-order valence-electron chi connectivity index (χ0n) is 17.8. The molecule has 0 bridgehead atoms. The van der Waals surface area contributed by atoms with Gasteiger partial charge < -0.3 is 25.4 Å². The van der Waals surface area contributed by atoms with Crippen molar-refractivity contribution < 1.29 is 27.8 Å². The monoisotopic (exact) mass is 480 g/mol. The lowest BCUT2D eigenvalue weighted by molar-refractivity contribution is -0.137. The molecule has 4 rings (SSSR count). The molecule has 1 fully saturated rings. The van der Waals surface area contributed by atoms with Gasteiger partial charge in [0, 0.05) is 18.8 Å². The van der Waals surface area contributed by atoms with E-state index in [1.54, 1.807) is 18.2 Å². The van der Waals surface area contributed by atoms with Gasteiger partial charge in [0.05, 0.1) is 41.1 Å². The van der Waals surface area contributed by atoms with Crippen molar-refractivity contribution in [1.82, 2.24) is 10.3 Å². The van der Waals surface area contributed by atoms with Crippen LogP contribution >= 0.6 is 11.3 Å². The molecule has 2 aromatic carbocycles. The normalized spacial score (nSPS) is 16.5. The van der Waals surface area contributed by atoms with Crippen LogP contribution in [-0.2, 0) is 16.5 Å². The highest BCUT2D eigenvalue weighted by molar-refractivity contribution is 7.22. The quantitative estimate of drug-likeness (QED) is 0.510. The van der Waals surface area contributed by atoms with Crippen LogP contribution in [-0.4, -0.2) is 49.0 Å². The van der Waals surface area contributed by atoms with Crippen molar-refractivity contribution in [3.63, 3.8) is 0 Å². The van der Waals surface area contributed by atoms with E-state index in [4.69, 9.17) is 4.74 Å². The summed E-state index contributed by atoms with van der Waals surface area (Å²) in [5.74, 6) is 0. The molecule has 0 spiro atoms. The number of alkyl halides is 3. The molecule has 3 N–H and O–H groups in total. The minimum Gasteiger partial charge on any atom is -0.394 e. The summed E-state index contributed by atoms with van der Waals surface area (Å²) >= 11 is 1.50. The molecule has 1 atom stereocenters. The molecular formula is C22H23F3N4O3S. The van der Waals surface area contributed by atoms with Gasteiger partial charge >= 0.3 is 12.2 Å². The number of thiazole rings is 1. The number of hydrogen-bond acceptors (Lipinski definition) is 6. The third-order valence-electron chi connectivity index (χ3n) is 5.45. The Labute approximate surface area is 192 Å². The molecule has 1 aromatic heterocycles. The fourth-order valence-corrected chi connectivity index (χ4v) is 4.59. The summed E-state index contributed by atoms with van der Waals surface area (Å²) < 4.78 is 45.5. The number of amides is 2. The minimum atomic E-state index is -4.53. The number of urea groups is 1. The maximum atomic E-state index is 13.1. The van der Waals surface area contributed by atoms with E-state index in [9.17, 15) is 23.1 Å². The van der Waals surface area contributed by atoms with Crippen LogP contribution in [0.15, 0.2) is 42.5 Å². The number of carbonyl (C=O) groups excluding carboxylic acids is 1. The molecular weight excluding hydrogens is 457 g/mol. The summed E-state index contributed by atoms with van der Waals surface area (Å²) in [4.78, 5) is 19.4. The summed E-state index contributed by atoms with van der Waals surface area (Å²) in [6, 6.07) is 9.18. The number of halogens is 3. The maximum absolute atomic E-state index is 13.1. The van der Waals surface area contributed by atoms with Gasteiger partial charge in [-0.1, -0.05) is 23.5 Å². The summed E-state index contributed by atoms with van der Waals surface area (Å²) in [6.07, 6.45) is -4.53. The van der Waals surface area contributed by atoms with E-state index >= 15 is 0 Å². The average molecular weight is 481 g/mol. The van der Waals surface area contributed by atoms with Gasteiger partial charge in [0.15, 0.2) is 5.13 Å². The zero-order chi connectivity index (χ0) is 23.6. The van der Waals surface area contributed by atoms with Crippen LogP contribution in [0.1, 0.15) is 18.1 Å². The Hall–Kier alpha value is -2.89. The number of carbonyl (C=O) groups is 1. The Kier molecular flexibility index (Phi) is 6.46. The van der Waals surface area contributed by atoms with Gasteiger partial charge in [0.2, 0.25) is 0 Å². The molecule has 7 nitrogen and oxygen atoms in total. The molecule has 176 valence electrons. The number of aliphatic hydroxyl groups is 1. The number of benzene rings is 2. The largest absolute Gasteiger partial charge is 0.416 e. The van der Waals surface area contributed by atoms with Gasteiger partial charge in [0.1, 0.15) is 0 Å². The van der Waals surface area contributed by atoms with Crippen LogP contribution in [0.4, 0.5) is 28.8 Å². The summed E-state index contributed by atoms with van der Waals surface area (Å²) in [5, 5.41) is 16.0. The predicted octanol–water partition coefficient (Wildman–Crippen LogP) is 4.18. The topological polar surface area (TPSA) is 86.7 Å². The van der Waals surface area contributed by atoms with E-state index < -0.39 is 29.9 Å². The maximum Gasteiger partial charge on any atom is 0.416 e. The first-order chi connectivity index (χ1) is 15.7. The Bertz CT molecular complexity index is 1150. The zero-order valence-corrected chi connectivity index (χ0v) is 18.6. The molecule has 1 aliphatic rings. The number of fused-ring (bicyclic) bond motifs is 1. The Morgan fingerprint density at radius 2 is 1.91 bits per heavy atom. The molecule has 0 saturated carbocycles. The van der Waals surface area contributed by atoms with Crippen LogP contribution < -0.4 is 15.5 Å². The smallest absolute Gasteiger partial charge is 0.394 e. The molecule has 2 amide bonds. The first kappa shape index (κ1) is 23.3. The number of aliphatic hydroxyl groups excluding tert-OH is 1. The van der Waals surface area contributed by atoms with Crippen molar-refractivity contribution in [3.8, 4) is 0 Å². The Morgan fingerprint density at radius 1 is 1.18 bits per heavy atom. The van der Waals surface area contributed by atoms with E-state index in [0.717, 1.165) is 40.6 Å². The third kappa shape index (κ3) is 5.21. The van der Waals surface area contributed by atoms with E-state index in [2.05, 4.69) is 20.5 Å². The first-order valence-electron chi connectivity index (χ1n) is 10.3. The second kappa shape index (κ2) is 9.16. The van der Waals surface area contributed by atoms with Crippen LogP contribution in [0.5, 0.6) is 0 Å². The Morgan fingerprint density at radius 3 is 2.61 bits per heavy atom. The highest BCUT2D eigenvalue weighted by Crippen LogP contribution is 2.33. The molecule has 11 heteroatoms. The number of nitrogens with one attached hydrogen (secondary N) is 2. The lowest BCUT2D eigenvalue weighted by Gasteiger charge is -2.30. The molecule has 0 radical (unpaired) electrons. The van der Waals surface area contributed by atoms with E-state index in [0.29, 0.717) is 18.9 Å². The van der Waals surface area contributed by atoms with E-state index in [-0.39, 0.29) is 5.56 Å². The average Bonchev–Trinajstić information content (AvgIpc) is 3.22. The van der Waals surface area contributed by atoms with Crippen LogP contribution in [0.25, 0.3) is 10.2 Å². The fourth-order valence-electron chi connectivity index (χ4n) is 3.53. The number of ether oxygens (including phenoxy) is 1. The van der Waals surface area contributed by atoms with E-state index in [1.165, 1.54) is 30.4 Å². The predicted molar refractivity (Wildman–Crippen MR) is 121 cm³/mol. The Balaban J connectivity index is 1.49. The second-order valence-electron chi connectivity index (χ2n) is 7.93. The van der Waals surface area contributed by atoms with Gasteiger partial charge in [-0.05, 0) is 42.8 Å². The van der Waals surface area contributed by atoms with Gasteiger partial charge in [-0.15, -0.1) is 0 Å². The summed E-state index contributed by atoms with van der Waals surface area (Å²) in [5.41, 5.74) is -0.821. The third-order valence-corrected chi connectivity index (χ3v) is 6.53.